The molecule has 1 heterocycles. The molecule has 23 heavy (non-hydrogen) atoms. The van der Waals surface area contributed by atoms with E-state index in [9.17, 15) is 4.79 Å². The van der Waals surface area contributed by atoms with Crippen molar-refractivity contribution in [2.24, 2.45) is 0 Å². The highest BCUT2D eigenvalue weighted by molar-refractivity contribution is 6.30. The van der Waals surface area contributed by atoms with E-state index < -0.39 is 0 Å². The van der Waals surface area contributed by atoms with Crippen LogP contribution in [0.4, 0.5) is 5.69 Å². The van der Waals surface area contributed by atoms with Gasteiger partial charge < -0.3 is 10.2 Å². The lowest BCUT2D eigenvalue weighted by Gasteiger charge is -2.22. The summed E-state index contributed by atoms with van der Waals surface area (Å²) in [6, 6.07) is 16.1. The molecule has 0 unspecified atom stereocenters. The molecule has 0 bridgehead atoms. The monoisotopic (exact) mass is 329 g/mol. The van der Waals surface area contributed by atoms with Crippen molar-refractivity contribution in [3.8, 4) is 0 Å². The van der Waals surface area contributed by atoms with Gasteiger partial charge in [-0.1, -0.05) is 41.9 Å². The van der Waals surface area contributed by atoms with E-state index in [4.69, 9.17) is 11.6 Å². The van der Waals surface area contributed by atoms with Gasteiger partial charge in [-0.25, -0.2) is 0 Å². The SMILES string of the molecule is C[C@H]([NH2+][C@H](C)C(=O)N1CCc2ccccc21)c1ccc(Cl)cc1. The van der Waals surface area contributed by atoms with Crippen LogP contribution in [0.5, 0.6) is 0 Å². The van der Waals surface area contributed by atoms with Crippen molar-refractivity contribution >= 4 is 23.2 Å². The summed E-state index contributed by atoms with van der Waals surface area (Å²) in [6.07, 6.45) is 0.946. The molecular formula is C19H22ClN2O+. The summed E-state index contributed by atoms with van der Waals surface area (Å²) < 4.78 is 0. The van der Waals surface area contributed by atoms with Gasteiger partial charge in [0.05, 0.1) is 0 Å². The number of benzene rings is 2. The Kier molecular flexibility index (Phi) is 4.69. The van der Waals surface area contributed by atoms with Gasteiger partial charge in [-0.3, -0.25) is 4.79 Å². The largest absolute Gasteiger partial charge is 0.330 e. The topological polar surface area (TPSA) is 36.9 Å². The summed E-state index contributed by atoms with van der Waals surface area (Å²) in [5.41, 5.74) is 3.51. The maximum Gasteiger partial charge on any atom is 0.284 e. The Bertz CT molecular complexity index is 699. The molecule has 2 atom stereocenters. The third kappa shape index (κ3) is 3.41. The number of anilines is 1. The van der Waals surface area contributed by atoms with Crippen LogP contribution in [0.1, 0.15) is 31.0 Å². The first-order chi connectivity index (χ1) is 11.1. The Labute approximate surface area is 142 Å². The normalized spacial score (nSPS) is 16.0. The molecule has 2 N–H and O–H groups in total. The number of nitrogens with zero attached hydrogens (tertiary/aromatic N) is 1. The molecule has 1 aliphatic rings. The van der Waals surface area contributed by atoms with Crippen LogP contribution in [-0.4, -0.2) is 18.5 Å². The molecule has 1 amide bonds. The molecule has 120 valence electrons. The minimum atomic E-state index is -0.119. The molecule has 2 aromatic rings. The van der Waals surface area contributed by atoms with Crippen molar-refractivity contribution in [3.05, 3.63) is 64.7 Å². The minimum absolute atomic E-state index is 0.119. The summed E-state index contributed by atoms with van der Waals surface area (Å²) in [5.74, 6) is 0.177. The highest BCUT2D eigenvalue weighted by atomic mass is 35.5. The smallest absolute Gasteiger partial charge is 0.284 e. The van der Waals surface area contributed by atoms with Crippen LogP contribution in [0.25, 0.3) is 0 Å². The number of amides is 1. The lowest BCUT2D eigenvalue weighted by Crippen LogP contribution is -2.92. The summed E-state index contributed by atoms with van der Waals surface area (Å²) in [4.78, 5) is 14.7. The molecule has 1 aliphatic heterocycles. The fraction of sp³-hybridized carbons (Fsp3) is 0.316. The lowest BCUT2D eigenvalue weighted by atomic mass is 10.1. The van der Waals surface area contributed by atoms with Crippen LogP contribution in [0.2, 0.25) is 5.02 Å². The number of rotatable bonds is 4. The number of quaternary nitrogens is 1. The second kappa shape index (κ2) is 6.73. The predicted octanol–water partition coefficient (Wildman–Crippen LogP) is 2.94. The molecule has 3 nitrogen and oxygen atoms in total. The number of carbonyl (C=O) groups is 1. The van der Waals surface area contributed by atoms with E-state index in [1.165, 1.54) is 11.1 Å². The van der Waals surface area contributed by atoms with E-state index in [0.29, 0.717) is 0 Å². The third-order valence-electron chi connectivity index (χ3n) is 4.52. The highest BCUT2D eigenvalue weighted by Gasteiger charge is 2.30. The molecule has 0 saturated carbocycles. The number of carbonyl (C=O) groups excluding carboxylic acids is 1. The first kappa shape index (κ1) is 16.0. The van der Waals surface area contributed by atoms with Crippen LogP contribution < -0.4 is 10.2 Å². The van der Waals surface area contributed by atoms with Crippen molar-refractivity contribution in [1.29, 1.82) is 0 Å². The van der Waals surface area contributed by atoms with Gasteiger partial charge in [-0.05, 0) is 44.0 Å². The number of halogens is 1. The van der Waals surface area contributed by atoms with Crippen LogP contribution >= 0.6 is 11.6 Å². The molecule has 0 radical (unpaired) electrons. The first-order valence-electron chi connectivity index (χ1n) is 8.06. The highest BCUT2D eigenvalue weighted by Crippen LogP contribution is 2.27. The van der Waals surface area contributed by atoms with E-state index in [0.717, 1.165) is 23.7 Å². The fourth-order valence-electron chi connectivity index (χ4n) is 3.21. The lowest BCUT2D eigenvalue weighted by molar-refractivity contribution is -0.710. The summed E-state index contributed by atoms with van der Waals surface area (Å²) in [5, 5.41) is 2.85. The fourth-order valence-corrected chi connectivity index (χ4v) is 3.33. The van der Waals surface area contributed by atoms with Gasteiger partial charge in [0.25, 0.3) is 5.91 Å². The average Bonchev–Trinajstić information content (AvgIpc) is 2.98. The van der Waals surface area contributed by atoms with Crippen molar-refractivity contribution in [1.82, 2.24) is 0 Å². The van der Waals surface area contributed by atoms with Gasteiger partial charge in [0.1, 0.15) is 6.04 Å². The zero-order valence-electron chi connectivity index (χ0n) is 13.5. The zero-order chi connectivity index (χ0) is 16.4. The maximum atomic E-state index is 12.8. The summed E-state index contributed by atoms with van der Waals surface area (Å²) in [7, 11) is 0. The standard InChI is InChI=1S/C19H21ClN2O/c1-13(15-7-9-17(20)10-8-15)21-14(2)19(23)22-12-11-16-5-3-4-6-18(16)22/h3-10,13-14,21H,11-12H2,1-2H3/p+1/t13-,14+/m0/s1. The van der Waals surface area contributed by atoms with Gasteiger partial charge in [0.15, 0.2) is 6.04 Å². The van der Waals surface area contributed by atoms with Crippen LogP contribution in [0.15, 0.2) is 48.5 Å². The molecule has 4 heteroatoms. The van der Waals surface area contributed by atoms with E-state index in [1.54, 1.807) is 0 Å². The second-order valence-electron chi connectivity index (χ2n) is 6.19. The Morgan fingerprint density at radius 2 is 1.83 bits per heavy atom. The van der Waals surface area contributed by atoms with E-state index in [-0.39, 0.29) is 18.0 Å². The number of para-hydroxylation sites is 1. The van der Waals surface area contributed by atoms with Gasteiger partial charge in [0, 0.05) is 22.8 Å². The van der Waals surface area contributed by atoms with Gasteiger partial charge >= 0.3 is 0 Å². The van der Waals surface area contributed by atoms with Crippen LogP contribution in [0.3, 0.4) is 0 Å². The Morgan fingerprint density at radius 1 is 1.13 bits per heavy atom. The van der Waals surface area contributed by atoms with E-state index >= 15 is 0 Å². The summed E-state index contributed by atoms with van der Waals surface area (Å²) >= 11 is 5.94. The van der Waals surface area contributed by atoms with E-state index in [1.807, 2.05) is 54.3 Å². The Balaban J connectivity index is 1.67. The number of nitrogens with two attached hydrogens (primary N) is 1. The maximum absolute atomic E-state index is 12.8. The van der Waals surface area contributed by atoms with Crippen molar-refractivity contribution in [2.45, 2.75) is 32.4 Å². The van der Waals surface area contributed by atoms with E-state index in [2.05, 4.69) is 18.3 Å². The van der Waals surface area contributed by atoms with Gasteiger partial charge in [-0.15, -0.1) is 0 Å². The number of fused-ring (bicyclic) bond motifs is 1. The molecule has 0 fully saturated rings. The quantitative estimate of drug-likeness (QED) is 0.920. The minimum Gasteiger partial charge on any atom is -0.330 e. The third-order valence-corrected chi connectivity index (χ3v) is 4.77. The summed E-state index contributed by atoms with van der Waals surface area (Å²) in [6.45, 7) is 4.88. The zero-order valence-corrected chi connectivity index (χ0v) is 14.3. The molecule has 0 aliphatic carbocycles. The first-order valence-corrected chi connectivity index (χ1v) is 8.44. The van der Waals surface area contributed by atoms with Gasteiger partial charge in [-0.2, -0.15) is 0 Å². The number of hydrogen-bond acceptors (Lipinski definition) is 1. The Morgan fingerprint density at radius 3 is 2.57 bits per heavy atom. The van der Waals surface area contributed by atoms with Crippen molar-refractivity contribution in [3.63, 3.8) is 0 Å². The predicted molar refractivity (Wildman–Crippen MR) is 93.8 cm³/mol. The molecule has 0 spiro atoms. The van der Waals surface area contributed by atoms with Crippen molar-refractivity contribution < 1.29 is 10.1 Å². The molecule has 3 rings (SSSR count). The molecule has 0 aromatic heterocycles. The molecule has 2 aromatic carbocycles. The average molecular weight is 330 g/mol. The number of hydrogen-bond donors (Lipinski definition) is 1. The van der Waals surface area contributed by atoms with Crippen molar-refractivity contribution in [2.75, 3.05) is 11.4 Å². The molecular weight excluding hydrogens is 308 g/mol. The van der Waals surface area contributed by atoms with Crippen LogP contribution in [0, 0.1) is 0 Å². The second-order valence-corrected chi connectivity index (χ2v) is 6.63. The van der Waals surface area contributed by atoms with Gasteiger partial charge in [0.2, 0.25) is 0 Å². The molecule has 0 saturated heterocycles. The Hall–Kier alpha value is -1.84. The van der Waals surface area contributed by atoms with Crippen LogP contribution in [-0.2, 0) is 11.2 Å².